The van der Waals surface area contributed by atoms with Crippen LogP contribution in [0.15, 0.2) is 35.5 Å². The third-order valence-electron chi connectivity index (χ3n) is 3.25. The van der Waals surface area contributed by atoms with Gasteiger partial charge < -0.3 is 10.6 Å². The summed E-state index contributed by atoms with van der Waals surface area (Å²) in [7, 11) is 2.99. The summed E-state index contributed by atoms with van der Waals surface area (Å²) in [5.41, 5.74) is 0.00391. The number of halogens is 5. The molecule has 2 rings (SSSR count). The number of hydrogen-bond donors (Lipinski definition) is 2. The topological polar surface area (TPSA) is 54.2 Å². The van der Waals surface area contributed by atoms with Crippen molar-refractivity contribution in [2.24, 2.45) is 12.0 Å². The average molecular weight is 488 g/mol. The minimum atomic E-state index is -4.49. The highest BCUT2D eigenvalue weighted by atomic mass is 127. The van der Waals surface area contributed by atoms with Gasteiger partial charge in [-0.1, -0.05) is 29.8 Å². The summed E-state index contributed by atoms with van der Waals surface area (Å²) < 4.78 is 39.9. The molecule has 0 aliphatic carbocycles. The van der Waals surface area contributed by atoms with Gasteiger partial charge in [0.05, 0.1) is 0 Å². The maximum Gasteiger partial charge on any atom is 0.435 e. The molecule has 0 saturated carbocycles. The molecular weight excluding hydrogens is 470 g/mol. The second-order valence-electron chi connectivity index (χ2n) is 5.05. The second kappa shape index (κ2) is 9.27. The fourth-order valence-electron chi connectivity index (χ4n) is 2.13. The molecule has 0 atom stereocenters. The summed E-state index contributed by atoms with van der Waals surface area (Å²) in [5, 5.41) is 9.92. The van der Waals surface area contributed by atoms with Crippen molar-refractivity contribution in [2.75, 3.05) is 7.05 Å². The molecule has 0 spiro atoms. The standard InChI is InChI=1S/C15H17ClF3N5.HI/c1-20-14(21-7-10-5-3-4-6-12(10)16)22-8-11-9-24(2)23-13(11)15(17,18)19;/h3-6,9H,7-8H2,1-2H3,(H2,20,21,22);1H. The summed E-state index contributed by atoms with van der Waals surface area (Å²) in [6, 6.07) is 7.29. The molecule has 0 unspecified atom stereocenters. The van der Waals surface area contributed by atoms with Crippen LogP contribution >= 0.6 is 35.6 Å². The van der Waals surface area contributed by atoms with Gasteiger partial charge in [0.2, 0.25) is 0 Å². The fraction of sp³-hybridized carbons (Fsp3) is 0.333. The van der Waals surface area contributed by atoms with Crippen LogP contribution in [0.4, 0.5) is 13.2 Å². The van der Waals surface area contributed by atoms with Gasteiger partial charge in [-0.2, -0.15) is 18.3 Å². The number of hydrogen-bond acceptors (Lipinski definition) is 2. The van der Waals surface area contributed by atoms with E-state index in [0.717, 1.165) is 10.2 Å². The fourth-order valence-corrected chi connectivity index (χ4v) is 2.33. The van der Waals surface area contributed by atoms with E-state index in [0.29, 0.717) is 17.5 Å². The van der Waals surface area contributed by atoms with Crippen LogP contribution in [0.2, 0.25) is 5.02 Å². The van der Waals surface area contributed by atoms with E-state index in [1.165, 1.54) is 20.3 Å². The molecule has 1 aromatic carbocycles. The molecule has 1 heterocycles. The summed E-state index contributed by atoms with van der Waals surface area (Å²) in [5.74, 6) is 0.367. The zero-order valence-corrected chi connectivity index (χ0v) is 16.6. The number of nitrogens with zero attached hydrogens (tertiary/aromatic N) is 3. The van der Waals surface area contributed by atoms with Gasteiger partial charge in [-0.3, -0.25) is 9.67 Å². The van der Waals surface area contributed by atoms with E-state index in [-0.39, 0.29) is 36.1 Å². The normalized spacial score (nSPS) is 11.8. The number of nitrogens with one attached hydrogen (secondary N) is 2. The van der Waals surface area contributed by atoms with Crippen molar-refractivity contribution >= 4 is 41.5 Å². The number of guanidine groups is 1. The first-order valence-electron chi connectivity index (χ1n) is 7.09. The highest BCUT2D eigenvalue weighted by molar-refractivity contribution is 14.0. The van der Waals surface area contributed by atoms with E-state index in [1.54, 1.807) is 6.07 Å². The van der Waals surface area contributed by atoms with Crippen molar-refractivity contribution in [3.05, 3.63) is 52.3 Å². The Morgan fingerprint density at radius 2 is 1.80 bits per heavy atom. The van der Waals surface area contributed by atoms with Gasteiger partial charge in [-0.25, -0.2) is 0 Å². The van der Waals surface area contributed by atoms with E-state index in [4.69, 9.17) is 11.6 Å². The Hall–Kier alpha value is -1.49. The molecule has 2 aromatic rings. The lowest BCUT2D eigenvalue weighted by atomic mass is 10.2. The molecule has 25 heavy (non-hydrogen) atoms. The Bertz CT molecular complexity index is 730. The molecule has 0 aliphatic heterocycles. The van der Waals surface area contributed by atoms with Crippen LogP contribution < -0.4 is 10.6 Å². The van der Waals surface area contributed by atoms with Gasteiger partial charge >= 0.3 is 6.18 Å². The van der Waals surface area contributed by atoms with E-state index in [2.05, 4.69) is 20.7 Å². The Balaban J connectivity index is 0.00000312. The van der Waals surface area contributed by atoms with Crippen molar-refractivity contribution < 1.29 is 13.2 Å². The quantitative estimate of drug-likeness (QED) is 0.394. The van der Waals surface area contributed by atoms with Crippen molar-refractivity contribution in [1.29, 1.82) is 0 Å². The summed E-state index contributed by atoms with van der Waals surface area (Å²) in [6.45, 7) is 0.351. The van der Waals surface area contributed by atoms with Gasteiger partial charge in [-0.05, 0) is 11.6 Å². The number of aliphatic imine (C=N–C) groups is 1. The smallest absolute Gasteiger partial charge is 0.352 e. The van der Waals surface area contributed by atoms with Gasteiger partial charge in [0, 0.05) is 44.0 Å². The van der Waals surface area contributed by atoms with Crippen molar-refractivity contribution in [3.8, 4) is 0 Å². The Morgan fingerprint density at radius 1 is 1.20 bits per heavy atom. The van der Waals surface area contributed by atoms with Crippen molar-refractivity contribution in [1.82, 2.24) is 20.4 Å². The van der Waals surface area contributed by atoms with Crippen LogP contribution in [0, 0.1) is 0 Å². The average Bonchev–Trinajstić information content (AvgIpc) is 2.90. The van der Waals surface area contributed by atoms with Gasteiger partial charge in [-0.15, -0.1) is 24.0 Å². The number of benzene rings is 1. The lowest BCUT2D eigenvalue weighted by Gasteiger charge is -2.13. The summed E-state index contributed by atoms with van der Waals surface area (Å²) in [6.07, 6.45) is -3.16. The van der Waals surface area contributed by atoms with Crippen LogP contribution in [0.25, 0.3) is 0 Å². The first-order chi connectivity index (χ1) is 11.3. The van der Waals surface area contributed by atoms with Crippen LogP contribution in [-0.4, -0.2) is 22.8 Å². The van der Waals surface area contributed by atoms with Crippen LogP contribution in [0.5, 0.6) is 0 Å². The van der Waals surface area contributed by atoms with Crippen LogP contribution in [0.1, 0.15) is 16.8 Å². The third-order valence-corrected chi connectivity index (χ3v) is 3.62. The van der Waals surface area contributed by atoms with Crippen LogP contribution in [-0.2, 0) is 26.3 Å². The van der Waals surface area contributed by atoms with E-state index < -0.39 is 11.9 Å². The molecule has 138 valence electrons. The molecule has 2 N–H and O–H groups in total. The molecule has 10 heteroatoms. The number of aromatic nitrogens is 2. The van der Waals surface area contributed by atoms with Gasteiger partial charge in [0.15, 0.2) is 11.7 Å². The Kier molecular flexibility index (Phi) is 8.00. The van der Waals surface area contributed by atoms with Crippen molar-refractivity contribution in [3.63, 3.8) is 0 Å². The summed E-state index contributed by atoms with van der Waals surface area (Å²) >= 11 is 6.06. The predicted molar refractivity (Wildman–Crippen MR) is 102 cm³/mol. The Morgan fingerprint density at radius 3 is 2.36 bits per heavy atom. The van der Waals surface area contributed by atoms with Crippen LogP contribution in [0.3, 0.4) is 0 Å². The van der Waals surface area contributed by atoms with E-state index >= 15 is 0 Å². The first-order valence-corrected chi connectivity index (χ1v) is 7.46. The second-order valence-corrected chi connectivity index (χ2v) is 5.45. The SMILES string of the molecule is CN=C(NCc1ccccc1Cl)NCc1cn(C)nc1C(F)(F)F.I. The lowest BCUT2D eigenvalue weighted by Crippen LogP contribution is -2.36. The lowest BCUT2D eigenvalue weighted by molar-refractivity contribution is -0.142. The van der Waals surface area contributed by atoms with Crippen molar-refractivity contribution in [2.45, 2.75) is 19.3 Å². The summed E-state index contributed by atoms with van der Waals surface area (Å²) in [4.78, 5) is 3.99. The molecule has 0 amide bonds. The number of alkyl halides is 3. The molecule has 0 bridgehead atoms. The molecule has 1 aromatic heterocycles. The molecular formula is C15H18ClF3IN5. The monoisotopic (exact) mass is 487 g/mol. The Labute approximate surface area is 165 Å². The maximum atomic E-state index is 12.9. The molecule has 0 fully saturated rings. The van der Waals surface area contributed by atoms with Gasteiger partial charge in [0.1, 0.15) is 0 Å². The van der Waals surface area contributed by atoms with E-state index in [1.807, 2.05) is 18.2 Å². The van der Waals surface area contributed by atoms with E-state index in [9.17, 15) is 13.2 Å². The third kappa shape index (κ3) is 6.07. The number of rotatable bonds is 4. The first kappa shape index (κ1) is 21.6. The molecule has 0 saturated heterocycles. The largest absolute Gasteiger partial charge is 0.435 e. The predicted octanol–water partition coefficient (Wildman–Crippen LogP) is 3.58. The minimum Gasteiger partial charge on any atom is -0.352 e. The molecule has 0 aliphatic rings. The minimum absolute atomic E-state index is 0. The highest BCUT2D eigenvalue weighted by Gasteiger charge is 2.36. The zero-order valence-electron chi connectivity index (χ0n) is 13.6. The molecule has 0 radical (unpaired) electrons. The number of aryl methyl sites for hydroxylation is 1. The molecule has 5 nitrogen and oxygen atoms in total. The zero-order chi connectivity index (χ0) is 17.7. The highest BCUT2D eigenvalue weighted by Crippen LogP contribution is 2.30. The maximum absolute atomic E-state index is 12.9. The van der Waals surface area contributed by atoms with Gasteiger partial charge in [0.25, 0.3) is 0 Å².